The zero-order chi connectivity index (χ0) is 14.5. The molecule has 104 valence electrons. The summed E-state index contributed by atoms with van der Waals surface area (Å²) >= 11 is 0. The van der Waals surface area contributed by atoms with E-state index < -0.39 is 12.0 Å². The van der Waals surface area contributed by atoms with E-state index in [0.29, 0.717) is 17.1 Å². The van der Waals surface area contributed by atoms with Gasteiger partial charge >= 0.3 is 12.0 Å². The standard InChI is InChI=1S/C12H12N4O4/c1-7-4-8(11(17)18)2-3-9(7)15-12(19)13-5-10-14-6-20-16-10/h2-4,6H,5H2,1H3,(H,17,18)(H2,13,15,19). The molecule has 2 rings (SSSR count). The van der Waals surface area contributed by atoms with Crippen LogP contribution < -0.4 is 10.6 Å². The van der Waals surface area contributed by atoms with Crippen LogP contribution >= 0.6 is 0 Å². The molecule has 0 unspecified atom stereocenters. The molecule has 0 atom stereocenters. The van der Waals surface area contributed by atoms with E-state index in [9.17, 15) is 9.59 Å². The Bertz CT molecular complexity index is 624. The maximum atomic E-state index is 11.7. The Kier molecular flexibility index (Phi) is 3.94. The monoisotopic (exact) mass is 276 g/mol. The minimum Gasteiger partial charge on any atom is -0.478 e. The summed E-state index contributed by atoms with van der Waals surface area (Å²) in [5.74, 6) is -0.653. The summed E-state index contributed by atoms with van der Waals surface area (Å²) in [7, 11) is 0. The number of carbonyl (C=O) groups is 2. The van der Waals surface area contributed by atoms with Crippen LogP contribution in [-0.4, -0.2) is 27.2 Å². The summed E-state index contributed by atoms with van der Waals surface area (Å²) in [5.41, 5.74) is 1.35. The Morgan fingerprint density at radius 2 is 2.20 bits per heavy atom. The van der Waals surface area contributed by atoms with Crippen molar-refractivity contribution in [2.75, 3.05) is 5.32 Å². The molecule has 0 aliphatic carbocycles. The summed E-state index contributed by atoms with van der Waals surface area (Å²) < 4.78 is 4.53. The lowest BCUT2D eigenvalue weighted by Gasteiger charge is -2.09. The van der Waals surface area contributed by atoms with Gasteiger partial charge in [0.15, 0.2) is 5.82 Å². The molecule has 0 aliphatic rings. The highest BCUT2D eigenvalue weighted by Gasteiger charge is 2.08. The molecule has 2 amide bonds. The van der Waals surface area contributed by atoms with Crippen molar-refractivity contribution >= 4 is 17.7 Å². The second kappa shape index (κ2) is 5.83. The van der Waals surface area contributed by atoms with Gasteiger partial charge in [0, 0.05) is 5.69 Å². The lowest BCUT2D eigenvalue weighted by molar-refractivity contribution is 0.0697. The summed E-state index contributed by atoms with van der Waals surface area (Å²) in [6, 6.07) is 3.99. The van der Waals surface area contributed by atoms with Crippen molar-refractivity contribution in [1.29, 1.82) is 0 Å². The Labute approximate surface area is 113 Å². The lowest BCUT2D eigenvalue weighted by atomic mass is 10.1. The zero-order valence-corrected chi connectivity index (χ0v) is 10.6. The van der Waals surface area contributed by atoms with Crippen molar-refractivity contribution in [2.45, 2.75) is 13.5 Å². The van der Waals surface area contributed by atoms with Gasteiger partial charge in [-0.05, 0) is 30.7 Å². The third-order valence-electron chi connectivity index (χ3n) is 2.54. The molecule has 0 spiro atoms. The van der Waals surface area contributed by atoms with Crippen LogP contribution in [0.15, 0.2) is 29.1 Å². The van der Waals surface area contributed by atoms with Gasteiger partial charge in [0.25, 0.3) is 0 Å². The highest BCUT2D eigenvalue weighted by Crippen LogP contribution is 2.16. The van der Waals surface area contributed by atoms with Crippen LogP contribution in [0.3, 0.4) is 0 Å². The molecule has 8 heteroatoms. The van der Waals surface area contributed by atoms with Crippen molar-refractivity contribution in [3.05, 3.63) is 41.5 Å². The first-order valence-corrected chi connectivity index (χ1v) is 5.70. The number of hydrogen-bond acceptors (Lipinski definition) is 5. The number of benzene rings is 1. The molecule has 2 aromatic rings. The molecule has 8 nitrogen and oxygen atoms in total. The average Bonchev–Trinajstić information content (AvgIpc) is 2.91. The van der Waals surface area contributed by atoms with E-state index in [0.717, 1.165) is 0 Å². The third kappa shape index (κ3) is 3.31. The number of carboxylic acid groups (broad SMARTS) is 1. The number of aromatic nitrogens is 2. The van der Waals surface area contributed by atoms with E-state index in [1.54, 1.807) is 6.92 Å². The fourth-order valence-corrected chi connectivity index (χ4v) is 1.53. The largest absolute Gasteiger partial charge is 0.478 e. The SMILES string of the molecule is Cc1cc(C(=O)O)ccc1NC(=O)NCc1ncon1. The summed E-state index contributed by atoms with van der Waals surface area (Å²) in [6.45, 7) is 1.84. The number of nitrogens with one attached hydrogen (secondary N) is 2. The van der Waals surface area contributed by atoms with E-state index in [2.05, 4.69) is 25.3 Å². The predicted molar refractivity (Wildman–Crippen MR) is 68.3 cm³/mol. The van der Waals surface area contributed by atoms with E-state index in [1.165, 1.54) is 24.6 Å². The number of anilines is 1. The van der Waals surface area contributed by atoms with Gasteiger partial charge in [0.05, 0.1) is 12.1 Å². The fraction of sp³-hybridized carbons (Fsp3) is 0.167. The number of aromatic carboxylic acids is 1. The number of urea groups is 1. The molecule has 1 aromatic heterocycles. The number of carbonyl (C=O) groups excluding carboxylic acids is 1. The number of nitrogens with zero attached hydrogens (tertiary/aromatic N) is 2. The number of hydrogen-bond donors (Lipinski definition) is 3. The number of amides is 2. The van der Waals surface area contributed by atoms with E-state index in [4.69, 9.17) is 5.11 Å². The molecule has 1 heterocycles. The van der Waals surface area contributed by atoms with Gasteiger partial charge in [-0.15, -0.1) is 0 Å². The summed E-state index contributed by atoms with van der Waals surface area (Å²) in [5, 5.41) is 17.6. The maximum absolute atomic E-state index is 11.7. The molecule has 0 fully saturated rings. The van der Waals surface area contributed by atoms with Gasteiger partial charge in [-0.1, -0.05) is 5.16 Å². The van der Waals surface area contributed by atoms with Gasteiger partial charge in [-0.25, -0.2) is 9.59 Å². The number of carboxylic acids is 1. The molecule has 0 saturated carbocycles. The number of aryl methyl sites for hydroxylation is 1. The molecule has 3 N–H and O–H groups in total. The third-order valence-corrected chi connectivity index (χ3v) is 2.54. The van der Waals surface area contributed by atoms with Crippen molar-refractivity contribution in [1.82, 2.24) is 15.5 Å². The molecule has 0 bridgehead atoms. The van der Waals surface area contributed by atoms with Gasteiger partial charge in [-0.2, -0.15) is 4.98 Å². The van der Waals surface area contributed by atoms with Crippen LogP contribution in [0, 0.1) is 6.92 Å². The van der Waals surface area contributed by atoms with Gasteiger partial charge in [0.2, 0.25) is 6.39 Å². The van der Waals surface area contributed by atoms with Crippen molar-refractivity contribution < 1.29 is 19.2 Å². The highest BCUT2D eigenvalue weighted by atomic mass is 16.5. The van der Waals surface area contributed by atoms with Gasteiger partial charge in [-0.3, -0.25) is 0 Å². The Morgan fingerprint density at radius 3 is 2.80 bits per heavy atom. The van der Waals surface area contributed by atoms with Crippen molar-refractivity contribution in [3.63, 3.8) is 0 Å². The zero-order valence-electron chi connectivity index (χ0n) is 10.6. The Hall–Kier alpha value is -2.90. The van der Waals surface area contributed by atoms with Crippen LogP contribution in [-0.2, 0) is 6.54 Å². The van der Waals surface area contributed by atoms with Crippen molar-refractivity contribution in [2.24, 2.45) is 0 Å². The summed E-state index contributed by atoms with van der Waals surface area (Å²) in [6.07, 6.45) is 1.17. The lowest BCUT2D eigenvalue weighted by Crippen LogP contribution is -2.28. The smallest absolute Gasteiger partial charge is 0.335 e. The molecule has 0 radical (unpaired) electrons. The normalized spacial score (nSPS) is 10.1. The van der Waals surface area contributed by atoms with E-state index in [1.807, 2.05) is 0 Å². The van der Waals surface area contributed by atoms with Crippen LogP contribution in [0.4, 0.5) is 10.5 Å². The first kappa shape index (κ1) is 13.5. The Morgan fingerprint density at radius 1 is 1.40 bits per heavy atom. The minimum atomic E-state index is -1.01. The predicted octanol–water partition coefficient (Wildman–Crippen LogP) is 1.40. The quantitative estimate of drug-likeness (QED) is 0.776. The molecular formula is C12H12N4O4. The van der Waals surface area contributed by atoms with Crippen LogP contribution in [0.25, 0.3) is 0 Å². The topological polar surface area (TPSA) is 117 Å². The highest BCUT2D eigenvalue weighted by molar-refractivity contribution is 5.92. The van der Waals surface area contributed by atoms with E-state index >= 15 is 0 Å². The first-order chi connectivity index (χ1) is 9.56. The molecular weight excluding hydrogens is 264 g/mol. The maximum Gasteiger partial charge on any atom is 0.335 e. The number of rotatable bonds is 4. The fourth-order valence-electron chi connectivity index (χ4n) is 1.53. The van der Waals surface area contributed by atoms with Gasteiger partial charge in [0.1, 0.15) is 0 Å². The molecule has 1 aromatic carbocycles. The second-order valence-electron chi connectivity index (χ2n) is 3.99. The van der Waals surface area contributed by atoms with Gasteiger partial charge < -0.3 is 20.3 Å². The van der Waals surface area contributed by atoms with Crippen LogP contribution in [0.5, 0.6) is 0 Å². The minimum absolute atomic E-state index is 0.134. The molecule has 0 aliphatic heterocycles. The second-order valence-corrected chi connectivity index (χ2v) is 3.99. The Balaban J connectivity index is 1.95. The van der Waals surface area contributed by atoms with Crippen LogP contribution in [0.2, 0.25) is 0 Å². The average molecular weight is 276 g/mol. The molecule has 20 heavy (non-hydrogen) atoms. The summed E-state index contributed by atoms with van der Waals surface area (Å²) in [4.78, 5) is 26.2. The van der Waals surface area contributed by atoms with E-state index in [-0.39, 0.29) is 12.1 Å². The van der Waals surface area contributed by atoms with Crippen LogP contribution in [0.1, 0.15) is 21.7 Å². The van der Waals surface area contributed by atoms with Crippen molar-refractivity contribution in [3.8, 4) is 0 Å². The first-order valence-electron chi connectivity index (χ1n) is 5.70. The molecule has 0 saturated heterocycles.